The van der Waals surface area contributed by atoms with Gasteiger partial charge in [0.1, 0.15) is 12.4 Å². The number of likely N-dealkylation sites (tertiary alicyclic amines) is 1. The summed E-state index contributed by atoms with van der Waals surface area (Å²) in [5.41, 5.74) is 4.47. The van der Waals surface area contributed by atoms with Gasteiger partial charge in [-0.3, -0.25) is 0 Å². The summed E-state index contributed by atoms with van der Waals surface area (Å²) >= 11 is 0. The van der Waals surface area contributed by atoms with Crippen molar-refractivity contribution >= 4 is 17.0 Å². The highest BCUT2D eigenvalue weighted by Crippen LogP contribution is 2.40. The Kier molecular flexibility index (Phi) is 5.84. The number of benzene rings is 3. The number of piperidine rings is 1. The van der Waals surface area contributed by atoms with E-state index in [0.29, 0.717) is 13.0 Å². The smallest absolute Gasteiger partial charge is 0.410 e. The number of halogens is 1. The van der Waals surface area contributed by atoms with Crippen molar-refractivity contribution in [2.45, 2.75) is 25.0 Å². The zero-order valence-electron chi connectivity index (χ0n) is 18.1. The van der Waals surface area contributed by atoms with E-state index in [0.717, 1.165) is 33.3 Å². The Morgan fingerprint density at radius 1 is 1.06 bits per heavy atom. The van der Waals surface area contributed by atoms with E-state index in [1.807, 2.05) is 60.7 Å². The first-order valence-corrected chi connectivity index (χ1v) is 11.1. The number of nitrogens with zero attached hydrogens (tertiary/aromatic N) is 1. The van der Waals surface area contributed by atoms with Crippen LogP contribution in [0.1, 0.15) is 23.5 Å². The summed E-state index contributed by atoms with van der Waals surface area (Å²) in [6, 6.07) is 24.0. The van der Waals surface area contributed by atoms with Crippen molar-refractivity contribution in [3.05, 3.63) is 95.8 Å². The summed E-state index contributed by atoms with van der Waals surface area (Å²) in [6.45, 7) is 0.801. The van der Waals surface area contributed by atoms with Crippen LogP contribution in [0, 0.1) is 5.82 Å². The molecule has 1 aromatic heterocycles. The summed E-state index contributed by atoms with van der Waals surface area (Å²) in [7, 11) is 0. The Labute approximate surface area is 191 Å². The number of hydrogen-bond acceptors (Lipinski definition) is 3. The molecule has 168 valence electrons. The minimum Gasteiger partial charge on any atom is -0.445 e. The topological polar surface area (TPSA) is 65.6 Å². The molecule has 0 bridgehead atoms. The second-order valence-corrected chi connectivity index (χ2v) is 8.42. The largest absolute Gasteiger partial charge is 0.445 e. The molecule has 4 aromatic rings. The van der Waals surface area contributed by atoms with Gasteiger partial charge in [0, 0.05) is 23.4 Å². The molecule has 1 saturated heterocycles. The lowest BCUT2D eigenvalue weighted by molar-refractivity contribution is 0.0348. The number of H-pyrrole nitrogens is 1. The van der Waals surface area contributed by atoms with Crippen LogP contribution in [-0.2, 0) is 11.3 Å². The van der Waals surface area contributed by atoms with Gasteiger partial charge in [-0.15, -0.1) is 0 Å². The fraction of sp³-hybridized carbons (Fsp3) is 0.222. The number of nitrogens with one attached hydrogen (secondary N) is 1. The summed E-state index contributed by atoms with van der Waals surface area (Å²) in [6.07, 6.45) is -0.692. The molecule has 1 aliphatic rings. The first-order chi connectivity index (χ1) is 16.1. The van der Waals surface area contributed by atoms with Crippen molar-refractivity contribution in [3.63, 3.8) is 0 Å². The van der Waals surface area contributed by atoms with Crippen molar-refractivity contribution < 1.29 is 19.0 Å². The number of carbonyl (C=O) groups excluding carboxylic acids is 1. The van der Waals surface area contributed by atoms with Gasteiger partial charge in [-0.1, -0.05) is 60.7 Å². The molecule has 5 rings (SSSR count). The van der Waals surface area contributed by atoms with Crippen LogP contribution in [0.25, 0.3) is 22.2 Å². The second kappa shape index (κ2) is 9.08. The number of aromatic nitrogens is 1. The number of aliphatic hydroxyl groups excluding tert-OH is 1. The molecule has 0 aliphatic carbocycles. The van der Waals surface area contributed by atoms with Gasteiger partial charge in [-0.2, -0.15) is 0 Å². The molecule has 2 atom stereocenters. The van der Waals surface area contributed by atoms with E-state index in [-0.39, 0.29) is 24.9 Å². The second-order valence-electron chi connectivity index (χ2n) is 8.42. The molecule has 0 radical (unpaired) electrons. The highest BCUT2D eigenvalue weighted by Gasteiger charge is 2.35. The number of aliphatic hydroxyl groups is 1. The van der Waals surface area contributed by atoms with Gasteiger partial charge < -0.3 is 19.7 Å². The predicted octanol–water partition coefficient (Wildman–Crippen LogP) is 5.46. The Balaban J connectivity index is 1.39. The molecule has 2 heterocycles. The molecule has 1 fully saturated rings. The number of aromatic amines is 1. The highest BCUT2D eigenvalue weighted by atomic mass is 19.1. The molecule has 1 aliphatic heterocycles. The summed E-state index contributed by atoms with van der Waals surface area (Å²) in [5.74, 6) is -0.562. The Morgan fingerprint density at radius 2 is 1.79 bits per heavy atom. The number of hydrogen-bond donors (Lipinski definition) is 2. The molecule has 3 aromatic carbocycles. The van der Waals surface area contributed by atoms with Crippen molar-refractivity contribution in [3.8, 4) is 11.3 Å². The first kappa shape index (κ1) is 21.2. The number of β-amino-alcohol motifs (C(OH)–C–C–N with tert-alkyl or cyclic N) is 1. The standard InChI is InChI=1S/C27H25FN2O3/c28-20-11-12-23-22(15-20)25(26(29-23)19-9-5-2-6-10-19)21-13-14-30(16-24(21)31)27(32)33-17-18-7-3-1-4-8-18/h1-12,15,21,24,29,31H,13-14,16-17H2/t21-,24-/m1/s1. The van der Waals surface area contributed by atoms with E-state index in [1.54, 1.807) is 11.0 Å². The fourth-order valence-electron chi connectivity index (χ4n) is 4.65. The normalized spacial score (nSPS) is 18.4. The van der Waals surface area contributed by atoms with Crippen LogP contribution in [0.4, 0.5) is 9.18 Å². The van der Waals surface area contributed by atoms with Crippen molar-refractivity contribution in [1.82, 2.24) is 9.88 Å². The van der Waals surface area contributed by atoms with Gasteiger partial charge >= 0.3 is 6.09 Å². The van der Waals surface area contributed by atoms with Crippen molar-refractivity contribution in [1.29, 1.82) is 0 Å². The summed E-state index contributed by atoms with van der Waals surface area (Å²) in [4.78, 5) is 17.6. The predicted molar refractivity (Wildman–Crippen MR) is 125 cm³/mol. The fourth-order valence-corrected chi connectivity index (χ4v) is 4.65. The van der Waals surface area contributed by atoms with Gasteiger partial charge in [0.05, 0.1) is 18.3 Å². The molecule has 0 unspecified atom stereocenters. The Morgan fingerprint density at radius 3 is 2.52 bits per heavy atom. The van der Waals surface area contributed by atoms with Crippen molar-refractivity contribution in [2.75, 3.05) is 13.1 Å². The molecule has 0 saturated carbocycles. The molecule has 0 spiro atoms. The van der Waals surface area contributed by atoms with Crippen LogP contribution in [0.15, 0.2) is 78.9 Å². The molecule has 2 N–H and O–H groups in total. The highest BCUT2D eigenvalue weighted by molar-refractivity contribution is 5.91. The van der Waals surface area contributed by atoms with E-state index in [4.69, 9.17) is 4.74 Å². The number of amides is 1. The van der Waals surface area contributed by atoms with Gasteiger partial charge in [0.2, 0.25) is 0 Å². The third kappa shape index (κ3) is 4.34. The lowest BCUT2D eigenvalue weighted by Crippen LogP contribution is -2.46. The summed E-state index contributed by atoms with van der Waals surface area (Å²) in [5, 5.41) is 11.9. The number of rotatable bonds is 4. The first-order valence-electron chi connectivity index (χ1n) is 11.1. The van der Waals surface area contributed by atoms with E-state index in [2.05, 4.69) is 4.98 Å². The molecule has 5 nitrogen and oxygen atoms in total. The number of carbonyl (C=O) groups is 1. The van der Waals surface area contributed by atoms with Gasteiger partial charge in [-0.25, -0.2) is 9.18 Å². The third-order valence-electron chi connectivity index (χ3n) is 6.28. The minimum atomic E-state index is -0.798. The van der Waals surface area contributed by atoms with E-state index in [9.17, 15) is 14.3 Å². The van der Waals surface area contributed by atoms with Crippen LogP contribution < -0.4 is 0 Å². The van der Waals surface area contributed by atoms with E-state index in [1.165, 1.54) is 12.1 Å². The molecular formula is C27H25FN2O3. The average Bonchev–Trinajstić information content (AvgIpc) is 3.22. The zero-order chi connectivity index (χ0) is 22.8. The van der Waals surface area contributed by atoms with Crippen LogP contribution in [0.3, 0.4) is 0 Å². The molecule has 33 heavy (non-hydrogen) atoms. The maximum absolute atomic E-state index is 14.1. The quantitative estimate of drug-likeness (QED) is 0.439. The van der Waals surface area contributed by atoms with Gasteiger partial charge in [0.15, 0.2) is 0 Å². The number of ether oxygens (including phenoxy) is 1. The van der Waals surface area contributed by atoms with Gasteiger partial charge in [0.25, 0.3) is 0 Å². The average molecular weight is 445 g/mol. The summed E-state index contributed by atoms with van der Waals surface area (Å²) < 4.78 is 19.6. The zero-order valence-corrected chi connectivity index (χ0v) is 18.1. The van der Waals surface area contributed by atoms with Crippen LogP contribution in [0.5, 0.6) is 0 Å². The Bertz CT molecular complexity index is 1260. The lowest BCUT2D eigenvalue weighted by atomic mass is 9.84. The maximum atomic E-state index is 14.1. The van der Waals surface area contributed by atoms with E-state index < -0.39 is 12.2 Å². The maximum Gasteiger partial charge on any atom is 0.410 e. The third-order valence-corrected chi connectivity index (χ3v) is 6.28. The van der Waals surface area contributed by atoms with Crippen LogP contribution in [-0.4, -0.2) is 40.3 Å². The molecule has 6 heteroatoms. The minimum absolute atomic E-state index is 0.161. The van der Waals surface area contributed by atoms with Crippen LogP contribution in [0.2, 0.25) is 0 Å². The SMILES string of the molecule is O=C(OCc1ccccc1)N1CC[C@@H](c2c(-c3ccccc3)[nH]c3ccc(F)cc23)[C@H](O)C1. The monoisotopic (exact) mass is 444 g/mol. The molecular weight excluding hydrogens is 419 g/mol. The van der Waals surface area contributed by atoms with E-state index >= 15 is 0 Å². The lowest BCUT2D eigenvalue weighted by Gasteiger charge is -2.35. The van der Waals surface area contributed by atoms with Gasteiger partial charge in [-0.05, 0) is 41.3 Å². The number of fused-ring (bicyclic) bond motifs is 1. The Hall–Kier alpha value is -3.64. The van der Waals surface area contributed by atoms with Crippen LogP contribution >= 0.6 is 0 Å². The van der Waals surface area contributed by atoms with Crippen molar-refractivity contribution in [2.24, 2.45) is 0 Å². The molecule has 1 amide bonds.